The van der Waals surface area contributed by atoms with E-state index in [0.717, 1.165) is 5.56 Å². The predicted octanol–water partition coefficient (Wildman–Crippen LogP) is 3.01. The number of aryl methyl sites for hydroxylation is 2. The van der Waals surface area contributed by atoms with Gasteiger partial charge in [0, 0.05) is 12.7 Å². The van der Waals surface area contributed by atoms with Gasteiger partial charge in [0.1, 0.15) is 11.9 Å². The summed E-state index contributed by atoms with van der Waals surface area (Å²) < 4.78 is 10.6. The maximum atomic E-state index is 12.1. The van der Waals surface area contributed by atoms with E-state index in [9.17, 15) is 4.79 Å². The lowest BCUT2D eigenvalue weighted by Gasteiger charge is -2.14. The summed E-state index contributed by atoms with van der Waals surface area (Å²) in [5, 5.41) is 2.86. The van der Waals surface area contributed by atoms with Gasteiger partial charge in [-0.05, 0) is 49.2 Å². The van der Waals surface area contributed by atoms with Crippen LogP contribution >= 0.6 is 0 Å². The van der Waals surface area contributed by atoms with Crippen LogP contribution in [0.2, 0.25) is 0 Å². The molecule has 0 bridgehead atoms. The van der Waals surface area contributed by atoms with Crippen molar-refractivity contribution >= 4 is 5.91 Å². The van der Waals surface area contributed by atoms with Crippen LogP contribution < -0.4 is 5.32 Å². The lowest BCUT2D eigenvalue weighted by molar-refractivity contribution is 0.0738. The second-order valence-electron chi connectivity index (χ2n) is 4.75. The third-order valence-corrected chi connectivity index (χ3v) is 3.36. The Morgan fingerprint density at radius 1 is 1.30 bits per heavy atom. The van der Waals surface area contributed by atoms with E-state index in [1.54, 1.807) is 19.4 Å². The van der Waals surface area contributed by atoms with Crippen LogP contribution in [-0.4, -0.2) is 19.6 Å². The number of hydrogen-bond donors (Lipinski definition) is 1. The van der Waals surface area contributed by atoms with E-state index in [-0.39, 0.29) is 12.0 Å². The molecule has 0 saturated heterocycles. The minimum absolute atomic E-state index is 0.110. The Labute approximate surface area is 118 Å². The number of furan rings is 1. The SMILES string of the molecule is COC(CNC(=O)c1ccc(C)c(C)c1)c1ccco1. The maximum Gasteiger partial charge on any atom is 0.251 e. The zero-order valence-corrected chi connectivity index (χ0v) is 12.0. The lowest BCUT2D eigenvalue weighted by atomic mass is 10.1. The summed E-state index contributed by atoms with van der Waals surface area (Å²) >= 11 is 0. The number of ether oxygens (including phenoxy) is 1. The molecule has 0 fully saturated rings. The Balaban J connectivity index is 1.99. The summed E-state index contributed by atoms with van der Waals surface area (Å²) in [6.45, 7) is 4.39. The van der Waals surface area contributed by atoms with Crippen LogP contribution in [0, 0.1) is 13.8 Å². The molecule has 1 heterocycles. The van der Waals surface area contributed by atoms with Gasteiger partial charge < -0.3 is 14.5 Å². The number of methoxy groups -OCH3 is 1. The van der Waals surface area contributed by atoms with Gasteiger partial charge >= 0.3 is 0 Å². The van der Waals surface area contributed by atoms with Crippen molar-refractivity contribution in [1.82, 2.24) is 5.32 Å². The molecule has 2 aromatic rings. The smallest absolute Gasteiger partial charge is 0.251 e. The third-order valence-electron chi connectivity index (χ3n) is 3.36. The number of rotatable bonds is 5. The molecule has 1 N–H and O–H groups in total. The van der Waals surface area contributed by atoms with Crippen molar-refractivity contribution in [1.29, 1.82) is 0 Å². The predicted molar refractivity (Wildman–Crippen MR) is 76.7 cm³/mol. The fourth-order valence-electron chi connectivity index (χ4n) is 1.94. The Hall–Kier alpha value is -2.07. The topological polar surface area (TPSA) is 51.5 Å². The molecule has 0 aliphatic carbocycles. The minimum Gasteiger partial charge on any atom is -0.467 e. The minimum atomic E-state index is -0.277. The largest absolute Gasteiger partial charge is 0.467 e. The van der Waals surface area contributed by atoms with Gasteiger partial charge in [0.25, 0.3) is 5.91 Å². The molecular weight excluding hydrogens is 254 g/mol. The fraction of sp³-hybridized carbons (Fsp3) is 0.312. The maximum absolute atomic E-state index is 12.1. The van der Waals surface area contributed by atoms with Crippen molar-refractivity contribution < 1.29 is 13.9 Å². The van der Waals surface area contributed by atoms with Crippen LogP contribution in [0.15, 0.2) is 41.0 Å². The standard InChI is InChI=1S/C16H19NO3/c1-11-6-7-13(9-12(11)2)16(18)17-10-15(19-3)14-5-4-8-20-14/h4-9,15H,10H2,1-3H3,(H,17,18). The highest BCUT2D eigenvalue weighted by molar-refractivity contribution is 5.94. The fourth-order valence-corrected chi connectivity index (χ4v) is 1.94. The summed E-state index contributed by atoms with van der Waals surface area (Å²) in [6, 6.07) is 9.29. The Morgan fingerprint density at radius 3 is 2.70 bits per heavy atom. The van der Waals surface area contributed by atoms with Crippen molar-refractivity contribution in [2.45, 2.75) is 20.0 Å². The molecular formula is C16H19NO3. The van der Waals surface area contributed by atoms with Gasteiger partial charge in [-0.1, -0.05) is 6.07 Å². The summed E-state index contributed by atoms with van der Waals surface area (Å²) in [6.07, 6.45) is 1.31. The summed E-state index contributed by atoms with van der Waals surface area (Å²) in [7, 11) is 1.59. The van der Waals surface area contributed by atoms with E-state index < -0.39 is 0 Å². The van der Waals surface area contributed by atoms with Crippen molar-refractivity contribution in [3.05, 3.63) is 59.0 Å². The van der Waals surface area contributed by atoms with E-state index in [1.165, 1.54) is 5.56 Å². The van der Waals surface area contributed by atoms with Gasteiger partial charge in [0.15, 0.2) is 0 Å². The van der Waals surface area contributed by atoms with Crippen molar-refractivity contribution in [2.75, 3.05) is 13.7 Å². The molecule has 4 nitrogen and oxygen atoms in total. The molecule has 1 aromatic heterocycles. The Bertz CT molecular complexity index is 575. The van der Waals surface area contributed by atoms with Gasteiger partial charge in [-0.3, -0.25) is 4.79 Å². The molecule has 1 unspecified atom stereocenters. The second kappa shape index (κ2) is 6.39. The zero-order valence-electron chi connectivity index (χ0n) is 12.0. The van der Waals surface area contributed by atoms with Crippen LogP contribution in [0.5, 0.6) is 0 Å². The quantitative estimate of drug-likeness (QED) is 0.911. The molecule has 0 saturated carbocycles. The summed E-state index contributed by atoms with van der Waals surface area (Å²) in [5.74, 6) is 0.592. The highest BCUT2D eigenvalue weighted by Crippen LogP contribution is 2.16. The lowest BCUT2D eigenvalue weighted by Crippen LogP contribution is -2.29. The van der Waals surface area contributed by atoms with Crippen LogP contribution in [0.4, 0.5) is 0 Å². The van der Waals surface area contributed by atoms with Gasteiger partial charge in [-0.2, -0.15) is 0 Å². The normalized spacial score (nSPS) is 12.2. The van der Waals surface area contributed by atoms with E-state index in [2.05, 4.69) is 5.32 Å². The van der Waals surface area contributed by atoms with E-state index >= 15 is 0 Å². The van der Waals surface area contributed by atoms with Crippen LogP contribution in [0.25, 0.3) is 0 Å². The van der Waals surface area contributed by atoms with Gasteiger partial charge in [0.05, 0.1) is 12.8 Å². The molecule has 0 aliphatic heterocycles. The van der Waals surface area contributed by atoms with E-state index in [0.29, 0.717) is 17.9 Å². The monoisotopic (exact) mass is 273 g/mol. The number of carbonyl (C=O) groups excluding carboxylic acids is 1. The molecule has 1 aromatic carbocycles. The summed E-state index contributed by atoms with van der Waals surface area (Å²) in [4.78, 5) is 12.1. The highest BCUT2D eigenvalue weighted by Gasteiger charge is 2.15. The van der Waals surface area contributed by atoms with E-state index in [4.69, 9.17) is 9.15 Å². The Kier molecular flexibility index (Phi) is 4.58. The number of benzene rings is 1. The average Bonchev–Trinajstić information content (AvgIpc) is 2.96. The molecule has 4 heteroatoms. The van der Waals surface area contributed by atoms with Crippen molar-refractivity contribution in [3.63, 3.8) is 0 Å². The number of hydrogen-bond acceptors (Lipinski definition) is 3. The molecule has 1 amide bonds. The molecule has 0 aliphatic rings. The van der Waals surface area contributed by atoms with Gasteiger partial charge in [-0.15, -0.1) is 0 Å². The van der Waals surface area contributed by atoms with Gasteiger partial charge in [-0.25, -0.2) is 0 Å². The molecule has 20 heavy (non-hydrogen) atoms. The molecule has 2 rings (SSSR count). The molecule has 106 valence electrons. The molecule has 0 radical (unpaired) electrons. The first-order valence-corrected chi connectivity index (χ1v) is 6.53. The third kappa shape index (κ3) is 3.27. The van der Waals surface area contributed by atoms with E-state index in [1.807, 2.05) is 38.1 Å². The Morgan fingerprint density at radius 2 is 2.10 bits per heavy atom. The van der Waals surface area contributed by atoms with Crippen molar-refractivity contribution in [2.24, 2.45) is 0 Å². The second-order valence-corrected chi connectivity index (χ2v) is 4.75. The first-order chi connectivity index (χ1) is 9.61. The number of amides is 1. The molecule has 0 spiro atoms. The number of nitrogens with one attached hydrogen (secondary N) is 1. The van der Waals surface area contributed by atoms with Gasteiger partial charge in [0.2, 0.25) is 0 Å². The van der Waals surface area contributed by atoms with Crippen LogP contribution in [-0.2, 0) is 4.74 Å². The summed E-state index contributed by atoms with van der Waals surface area (Å²) in [5.41, 5.74) is 2.93. The first kappa shape index (κ1) is 14.3. The van der Waals surface area contributed by atoms with Crippen LogP contribution in [0.3, 0.4) is 0 Å². The van der Waals surface area contributed by atoms with Crippen molar-refractivity contribution in [3.8, 4) is 0 Å². The first-order valence-electron chi connectivity index (χ1n) is 6.53. The number of carbonyl (C=O) groups is 1. The highest BCUT2D eigenvalue weighted by atomic mass is 16.5. The average molecular weight is 273 g/mol. The molecule has 1 atom stereocenters. The zero-order chi connectivity index (χ0) is 14.5. The van der Waals surface area contributed by atoms with Crippen LogP contribution in [0.1, 0.15) is 33.3 Å².